The van der Waals surface area contributed by atoms with Crippen LogP contribution in [0.1, 0.15) is 90.4 Å². The van der Waals surface area contributed by atoms with Crippen LogP contribution in [0.4, 0.5) is 0 Å². The molecule has 1 nitrogen and oxygen atoms in total. The summed E-state index contributed by atoms with van der Waals surface area (Å²) in [6.45, 7) is 2.27. The molecule has 2 aliphatic carbocycles. The van der Waals surface area contributed by atoms with E-state index in [1.165, 1.54) is 83.5 Å². The van der Waals surface area contributed by atoms with Gasteiger partial charge in [-0.3, -0.25) is 0 Å². The first-order chi connectivity index (χ1) is 9.30. The van der Waals surface area contributed by atoms with E-state index in [1.54, 1.807) is 0 Å². The largest absolute Gasteiger partial charge is 0.198 e. The molecule has 0 N–H and O–H groups in total. The predicted molar refractivity (Wildman–Crippen MR) is 80.7 cm³/mol. The summed E-state index contributed by atoms with van der Waals surface area (Å²) in [7, 11) is 0. The maximum Gasteiger partial charge on any atom is 0.0692 e. The van der Waals surface area contributed by atoms with E-state index in [4.69, 9.17) is 0 Å². The van der Waals surface area contributed by atoms with Gasteiger partial charge in [0.05, 0.1) is 11.5 Å². The number of rotatable bonds is 9. The first-order valence-corrected chi connectivity index (χ1v) is 8.72. The van der Waals surface area contributed by atoms with Crippen molar-refractivity contribution in [1.29, 1.82) is 5.26 Å². The molecule has 2 rings (SSSR count). The Labute approximate surface area is 119 Å². The highest BCUT2D eigenvalue weighted by molar-refractivity contribution is 5.11. The van der Waals surface area contributed by atoms with Gasteiger partial charge in [0.2, 0.25) is 0 Å². The molecule has 2 saturated carbocycles. The molecule has 0 heterocycles. The molecule has 0 aliphatic heterocycles. The van der Waals surface area contributed by atoms with E-state index in [0.29, 0.717) is 0 Å². The van der Waals surface area contributed by atoms with Crippen molar-refractivity contribution in [3.63, 3.8) is 0 Å². The van der Waals surface area contributed by atoms with Crippen molar-refractivity contribution in [1.82, 2.24) is 0 Å². The van der Waals surface area contributed by atoms with E-state index in [9.17, 15) is 5.26 Å². The molecule has 3 unspecified atom stereocenters. The molecule has 108 valence electrons. The Kier molecular flexibility index (Phi) is 5.74. The molecule has 0 radical (unpaired) electrons. The molecule has 0 aromatic carbocycles. The first kappa shape index (κ1) is 14.9. The highest BCUT2D eigenvalue weighted by atomic mass is 14.5. The molecular weight excluding hydrogens is 230 g/mol. The zero-order chi connectivity index (χ0) is 13.6. The third-order valence-corrected chi connectivity index (χ3v) is 5.67. The summed E-state index contributed by atoms with van der Waals surface area (Å²) in [6.07, 6.45) is 17.6. The van der Waals surface area contributed by atoms with Crippen molar-refractivity contribution in [3.05, 3.63) is 0 Å². The summed E-state index contributed by atoms with van der Waals surface area (Å²) in [5.74, 6) is 1.66. The van der Waals surface area contributed by atoms with Gasteiger partial charge in [0.25, 0.3) is 0 Å². The Bertz CT molecular complexity index is 303. The van der Waals surface area contributed by atoms with Gasteiger partial charge in [-0.1, -0.05) is 64.7 Å². The van der Waals surface area contributed by atoms with Crippen molar-refractivity contribution in [2.75, 3.05) is 0 Å². The van der Waals surface area contributed by atoms with E-state index < -0.39 is 0 Å². The number of nitrogens with zero attached hydrogens (tertiary/aromatic N) is 1. The zero-order valence-corrected chi connectivity index (χ0v) is 12.8. The molecule has 0 saturated heterocycles. The van der Waals surface area contributed by atoms with Gasteiger partial charge < -0.3 is 0 Å². The minimum Gasteiger partial charge on any atom is -0.198 e. The number of nitriles is 1. The smallest absolute Gasteiger partial charge is 0.0692 e. The SMILES string of the molecule is CCCCCCCCCCC1(C#N)CC2CCC1C2. The summed E-state index contributed by atoms with van der Waals surface area (Å²) in [6, 6.07) is 2.73. The number of hydrogen-bond acceptors (Lipinski definition) is 1. The molecule has 0 amide bonds. The van der Waals surface area contributed by atoms with Crippen LogP contribution in [0, 0.1) is 28.6 Å². The Morgan fingerprint density at radius 3 is 2.21 bits per heavy atom. The van der Waals surface area contributed by atoms with Crippen LogP contribution in [0.3, 0.4) is 0 Å². The lowest BCUT2D eigenvalue weighted by Crippen LogP contribution is -2.25. The second kappa shape index (κ2) is 7.32. The lowest BCUT2D eigenvalue weighted by atomic mass is 9.71. The Morgan fingerprint density at radius 2 is 1.68 bits per heavy atom. The molecule has 2 aliphatic rings. The normalized spacial score (nSPS) is 32.6. The highest BCUT2D eigenvalue weighted by Crippen LogP contribution is 2.57. The van der Waals surface area contributed by atoms with Gasteiger partial charge in [-0.05, 0) is 37.5 Å². The molecule has 19 heavy (non-hydrogen) atoms. The topological polar surface area (TPSA) is 23.8 Å². The van der Waals surface area contributed by atoms with Gasteiger partial charge >= 0.3 is 0 Å². The van der Waals surface area contributed by atoms with Gasteiger partial charge in [0.15, 0.2) is 0 Å². The third kappa shape index (κ3) is 3.74. The summed E-state index contributed by atoms with van der Waals surface area (Å²) >= 11 is 0. The summed E-state index contributed by atoms with van der Waals surface area (Å²) < 4.78 is 0. The highest BCUT2D eigenvalue weighted by Gasteiger charge is 2.50. The molecule has 2 bridgehead atoms. The van der Waals surface area contributed by atoms with Crippen LogP contribution in [0.2, 0.25) is 0 Å². The molecule has 2 fully saturated rings. The Hall–Kier alpha value is -0.510. The summed E-state index contributed by atoms with van der Waals surface area (Å²) in [4.78, 5) is 0. The maximum atomic E-state index is 9.59. The van der Waals surface area contributed by atoms with Crippen LogP contribution in [0.5, 0.6) is 0 Å². The van der Waals surface area contributed by atoms with Gasteiger partial charge in [-0.2, -0.15) is 5.26 Å². The minimum atomic E-state index is 0.102. The van der Waals surface area contributed by atoms with Gasteiger partial charge in [-0.25, -0.2) is 0 Å². The van der Waals surface area contributed by atoms with Gasteiger partial charge in [0, 0.05) is 0 Å². The van der Waals surface area contributed by atoms with Gasteiger partial charge in [-0.15, -0.1) is 0 Å². The Morgan fingerprint density at radius 1 is 1.00 bits per heavy atom. The predicted octanol–water partition coefficient (Wildman–Crippen LogP) is 5.85. The second-order valence-electron chi connectivity index (χ2n) is 7.07. The average Bonchev–Trinajstić information content (AvgIpc) is 3.03. The van der Waals surface area contributed by atoms with Crippen LogP contribution in [-0.2, 0) is 0 Å². The van der Waals surface area contributed by atoms with Crippen molar-refractivity contribution in [2.45, 2.75) is 90.4 Å². The van der Waals surface area contributed by atoms with Crippen LogP contribution < -0.4 is 0 Å². The summed E-state index contributed by atoms with van der Waals surface area (Å²) in [5.41, 5.74) is 0.102. The fourth-order valence-electron chi connectivity index (χ4n) is 4.52. The fourth-order valence-corrected chi connectivity index (χ4v) is 4.52. The van der Waals surface area contributed by atoms with E-state index >= 15 is 0 Å². The fraction of sp³-hybridized carbons (Fsp3) is 0.944. The van der Waals surface area contributed by atoms with Crippen LogP contribution in [0.15, 0.2) is 0 Å². The van der Waals surface area contributed by atoms with E-state index in [1.807, 2.05) is 0 Å². The van der Waals surface area contributed by atoms with Crippen molar-refractivity contribution < 1.29 is 0 Å². The molecule has 0 spiro atoms. The van der Waals surface area contributed by atoms with Gasteiger partial charge in [0.1, 0.15) is 0 Å². The monoisotopic (exact) mass is 261 g/mol. The van der Waals surface area contributed by atoms with E-state index in [0.717, 1.165) is 11.8 Å². The van der Waals surface area contributed by atoms with E-state index in [-0.39, 0.29) is 5.41 Å². The first-order valence-electron chi connectivity index (χ1n) is 8.72. The summed E-state index contributed by atoms with van der Waals surface area (Å²) in [5, 5.41) is 9.59. The molecule has 0 aromatic heterocycles. The van der Waals surface area contributed by atoms with Crippen LogP contribution in [-0.4, -0.2) is 0 Å². The second-order valence-corrected chi connectivity index (χ2v) is 7.07. The van der Waals surface area contributed by atoms with Crippen LogP contribution in [0.25, 0.3) is 0 Å². The minimum absolute atomic E-state index is 0.102. The standard InChI is InChI=1S/C18H31N/c1-2-3-4-5-6-7-8-9-12-18(15-19)14-16-10-11-17(18)13-16/h16-17H,2-14H2,1H3. The average molecular weight is 261 g/mol. The van der Waals surface area contributed by atoms with Crippen LogP contribution >= 0.6 is 0 Å². The Balaban J connectivity index is 1.57. The zero-order valence-electron chi connectivity index (χ0n) is 12.8. The quantitative estimate of drug-likeness (QED) is 0.478. The number of unbranched alkanes of at least 4 members (excludes halogenated alkanes) is 7. The van der Waals surface area contributed by atoms with Crippen molar-refractivity contribution in [3.8, 4) is 6.07 Å². The lowest BCUT2D eigenvalue weighted by Gasteiger charge is -2.31. The third-order valence-electron chi connectivity index (χ3n) is 5.67. The lowest BCUT2D eigenvalue weighted by molar-refractivity contribution is 0.216. The molecule has 3 atom stereocenters. The molecule has 0 aromatic rings. The number of hydrogen-bond donors (Lipinski definition) is 0. The maximum absolute atomic E-state index is 9.59. The van der Waals surface area contributed by atoms with Crippen molar-refractivity contribution >= 4 is 0 Å². The molecule has 1 heteroatoms. The molecular formula is C18H31N. The van der Waals surface area contributed by atoms with Crippen molar-refractivity contribution in [2.24, 2.45) is 17.3 Å². The number of fused-ring (bicyclic) bond motifs is 2. The van der Waals surface area contributed by atoms with E-state index in [2.05, 4.69) is 13.0 Å².